The van der Waals surface area contributed by atoms with Crippen molar-refractivity contribution in [3.8, 4) is 34.5 Å². The Balaban J connectivity index is 1.48. The van der Waals surface area contributed by atoms with E-state index in [0.717, 1.165) is 112 Å². The summed E-state index contributed by atoms with van der Waals surface area (Å²) in [5.74, 6) is 5.03. The van der Waals surface area contributed by atoms with Crippen LogP contribution >= 0.6 is 0 Å². The van der Waals surface area contributed by atoms with Gasteiger partial charge in [0.15, 0.2) is 0 Å². The summed E-state index contributed by atoms with van der Waals surface area (Å²) in [6.07, 6.45) is 10.5. The lowest BCUT2D eigenvalue weighted by molar-refractivity contribution is 0.299. The Kier molecular flexibility index (Phi) is 23.3. The van der Waals surface area contributed by atoms with Gasteiger partial charge in [0.25, 0.3) is 0 Å². The first-order valence-corrected chi connectivity index (χ1v) is 36.2. The maximum atomic E-state index is 7.48. The summed E-state index contributed by atoms with van der Waals surface area (Å²) < 4.78 is 43.7. The fraction of sp³-hybridized carbons (Fsp3) is 0.404. The molecule has 0 heterocycles. The third kappa shape index (κ3) is 18.7. The van der Waals surface area contributed by atoms with Gasteiger partial charge >= 0.3 is 0 Å². The molecular formula is C94H116O6. The molecule has 0 atom stereocenters. The molecule has 9 rings (SSSR count). The van der Waals surface area contributed by atoms with Crippen molar-refractivity contribution in [2.45, 2.75) is 223 Å². The summed E-state index contributed by atoms with van der Waals surface area (Å²) in [4.78, 5) is 0. The van der Waals surface area contributed by atoms with Gasteiger partial charge in [-0.3, -0.25) is 0 Å². The van der Waals surface area contributed by atoms with E-state index < -0.39 is 0 Å². The molecule has 12 bridgehead atoms. The van der Waals surface area contributed by atoms with Crippen LogP contribution in [-0.2, 0) is 84.2 Å². The Hall–Kier alpha value is -8.48. The van der Waals surface area contributed by atoms with Crippen molar-refractivity contribution in [1.29, 1.82) is 0 Å². The van der Waals surface area contributed by atoms with Gasteiger partial charge in [-0.1, -0.05) is 308 Å². The van der Waals surface area contributed by atoms with Crippen LogP contribution in [0.2, 0.25) is 0 Å². The van der Waals surface area contributed by atoms with Gasteiger partial charge in [0.2, 0.25) is 0 Å². The molecule has 0 unspecified atom stereocenters. The lowest BCUT2D eigenvalue weighted by Crippen LogP contribution is -2.17. The zero-order chi connectivity index (χ0) is 72.9. The average molecular weight is 1340 g/mol. The van der Waals surface area contributed by atoms with Crippen LogP contribution in [0.25, 0.3) is 0 Å². The number of fused-ring (bicyclic) bond motifs is 12. The molecule has 0 N–H and O–H groups in total. The van der Waals surface area contributed by atoms with E-state index in [1.54, 1.807) is 0 Å². The molecule has 1 aliphatic rings. The van der Waals surface area contributed by atoms with Gasteiger partial charge in [-0.25, -0.2) is 0 Å². The molecule has 0 aliphatic heterocycles. The van der Waals surface area contributed by atoms with Crippen molar-refractivity contribution in [3.05, 3.63) is 294 Å². The van der Waals surface area contributed by atoms with Crippen molar-refractivity contribution in [2.24, 2.45) is 0 Å². The maximum absolute atomic E-state index is 7.48. The molecule has 528 valence electrons. The molecule has 0 fully saturated rings. The highest BCUT2D eigenvalue weighted by molar-refractivity contribution is 5.62. The van der Waals surface area contributed by atoms with Gasteiger partial charge in [-0.15, -0.1) is 0 Å². The molecule has 0 aromatic heterocycles. The number of hydrogen-bond acceptors (Lipinski definition) is 6. The largest absolute Gasteiger partial charge is 0.489 e. The van der Waals surface area contributed by atoms with Crippen LogP contribution in [0.15, 0.2) is 172 Å². The molecule has 8 aromatic carbocycles. The van der Waals surface area contributed by atoms with E-state index in [0.29, 0.717) is 78.2 Å². The third-order valence-corrected chi connectivity index (χ3v) is 19.3. The fourth-order valence-corrected chi connectivity index (χ4v) is 13.3. The van der Waals surface area contributed by atoms with E-state index in [4.69, 9.17) is 28.4 Å². The van der Waals surface area contributed by atoms with E-state index in [2.05, 4.69) is 286 Å². The summed E-state index contributed by atoms with van der Waals surface area (Å²) in [6.45, 7) is 64.8. The minimum Gasteiger partial charge on any atom is -0.489 e. The predicted molar refractivity (Wildman–Crippen MR) is 421 cm³/mol. The Bertz CT molecular complexity index is 3780. The van der Waals surface area contributed by atoms with Gasteiger partial charge < -0.3 is 28.4 Å². The van der Waals surface area contributed by atoms with E-state index in [-0.39, 0.29) is 32.5 Å². The second-order valence-corrected chi connectivity index (χ2v) is 34.2. The topological polar surface area (TPSA) is 55.4 Å². The molecule has 0 saturated heterocycles. The smallest absolute Gasteiger partial charge is 0.126 e. The van der Waals surface area contributed by atoms with Crippen molar-refractivity contribution < 1.29 is 28.4 Å². The molecule has 0 saturated carbocycles. The van der Waals surface area contributed by atoms with Gasteiger partial charge in [0.1, 0.15) is 74.1 Å². The summed E-state index contributed by atoms with van der Waals surface area (Å²) in [5, 5.41) is 0. The minimum atomic E-state index is -0.249. The summed E-state index contributed by atoms with van der Waals surface area (Å²) >= 11 is 0. The van der Waals surface area contributed by atoms with Crippen molar-refractivity contribution >= 4 is 0 Å². The first-order valence-electron chi connectivity index (χ1n) is 36.2. The lowest BCUT2D eigenvalue weighted by Gasteiger charge is -2.29. The van der Waals surface area contributed by atoms with Crippen LogP contribution in [0.3, 0.4) is 0 Å². The van der Waals surface area contributed by atoms with Crippen LogP contribution in [-0.4, -0.2) is 26.4 Å². The zero-order valence-electron chi connectivity index (χ0n) is 64.6. The number of benzene rings is 8. The average Bonchev–Trinajstić information content (AvgIpc) is 0.769. The van der Waals surface area contributed by atoms with Crippen LogP contribution in [0, 0.1) is 13.8 Å². The molecule has 100 heavy (non-hydrogen) atoms. The maximum Gasteiger partial charge on any atom is 0.126 e. The van der Waals surface area contributed by atoms with E-state index in [1.165, 1.54) is 44.5 Å². The van der Waals surface area contributed by atoms with Crippen molar-refractivity contribution in [2.75, 3.05) is 26.4 Å². The standard InChI is InChI=1S/C94H116O6/c1-25-37-95-83-65-41-66-48-78(90(10,11)12)52-70(84(66)96-38-26-2)44-75-57-82(94(22,23)24)58-76(88(75)100-60-64-35-31-62(6)32-36-64)46-72-54-80(92(16,17)18)50-68(86(72)98-40-28-4)42-67-49-79(91(13,14)15)53-71(85(67)97-39-27-3)45-74-56-81(93(19,20)21)55-73(43-69(83)51-77(47-65)89(7,8)9)87(74)99-59-63-33-29-61(5)30-34-63/h25-36,47-58H,1-4,37-46,59-60H2,5-24H3. The third-order valence-electron chi connectivity index (χ3n) is 19.3. The van der Waals surface area contributed by atoms with Crippen LogP contribution in [0.5, 0.6) is 34.5 Å². The van der Waals surface area contributed by atoms with E-state index >= 15 is 0 Å². The molecule has 0 spiro atoms. The van der Waals surface area contributed by atoms with E-state index in [1.807, 2.05) is 24.3 Å². The van der Waals surface area contributed by atoms with Gasteiger partial charge in [0, 0.05) is 38.5 Å². The second kappa shape index (κ2) is 30.8. The Morgan fingerprint density at radius 2 is 0.400 bits per heavy atom. The molecule has 0 radical (unpaired) electrons. The quantitative estimate of drug-likeness (QED) is 0.0798. The zero-order valence-corrected chi connectivity index (χ0v) is 64.6. The normalized spacial score (nSPS) is 13.2. The highest BCUT2D eigenvalue weighted by Crippen LogP contribution is 2.47. The van der Waals surface area contributed by atoms with Gasteiger partial charge in [-0.05, 0) is 158 Å². The van der Waals surface area contributed by atoms with Crippen LogP contribution in [0.4, 0.5) is 0 Å². The van der Waals surface area contributed by atoms with E-state index in [9.17, 15) is 0 Å². The monoisotopic (exact) mass is 1340 g/mol. The molecule has 8 aromatic rings. The molecular weight excluding hydrogens is 1230 g/mol. The fourth-order valence-electron chi connectivity index (χ4n) is 13.3. The van der Waals surface area contributed by atoms with Crippen LogP contribution < -0.4 is 28.4 Å². The first kappa shape index (κ1) is 75.7. The van der Waals surface area contributed by atoms with Crippen LogP contribution in [0.1, 0.15) is 247 Å². The number of aryl methyl sites for hydroxylation is 2. The Morgan fingerprint density at radius 1 is 0.250 bits per heavy atom. The van der Waals surface area contributed by atoms with Crippen molar-refractivity contribution in [3.63, 3.8) is 0 Å². The first-order chi connectivity index (χ1) is 46.9. The lowest BCUT2D eigenvalue weighted by atomic mass is 9.79. The second-order valence-electron chi connectivity index (χ2n) is 34.2. The molecule has 6 heteroatoms. The molecule has 6 nitrogen and oxygen atoms in total. The highest BCUT2D eigenvalue weighted by atomic mass is 16.5. The Labute approximate surface area is 603 Å². The summed E-state index contributed by atoms with van der Waals surface area (Å²) in [5.41, 5.74) is 23.1. The summed E-state index contributed by atoms with van der Waals surface area (Å²) in [6, 6.07) is 46.1. The van der Waals surface area contributed by atoms with Crippen molar-refractivity contribution in [1.82, 2.24) is 0 Å². The number of ether oxygens (including phenoxy) is 6. The Morgan fingerprint density at radius 3 is 0.540 bits per heavy atom. The highest BCUT2D eigenvalue weighted by Gasteiger charge is 2.32. The number of hydrogen-bond donors (Lipinski definition) is 0. The predicted octanol–water partition coefficient (Wildman–Crippen LogP) is 23.4. The van der Waals surface area contributed by atoms with Gasteiger partial charge in [0.05, 0.1) is 0 Å². The minimum absolute atomic E-state index is 0.248. The number of rotatable bonds is 18. The molecule has 0 amide bonds. The van der Waals surface area contributed by atoms with Gasteiger partial charge in [-0.2, -0.15) is 0 Å². The summed E-state index contributed by atoms with van der Waals surface area (Å²) in [7, 11) is 0. The SMILES string of the molecule is C=CCOc1c2cc(C(C)(C)C)cc1Cc1cc(C(C)(C)C)cc(c1OCc1ccc(C)cc1)Cc1cc(C(C)(C)C)cc(c1OCC=C)Cc1cc(C(C)(C)C)cc(c1OCC=C)Cc1cc(C(C)(C)C)cc(c1OCc1ccc(C)cc1)Cc1cc(C(C)(C)C)cc(c1OCC=C)C2. The molecule has 1 aliphatic carbocycles.